The average molecular weight is 415 g/mol. The first-order valence-electron chi connectivity index (χ1n) is 9.51. The second kappa shape index (κ2) is 9.93. The van der Waals surface area contributed by atoms with Gasteiger partial charge in [-0.3, -0.25) is 10.1 Å². The number of morpholine rings is 1. The zero-order valence-corrected chi connectivity index (χ0v) is 17.3. The summed E-state index contributed by atoms with van der Waals surface area (Å²) in [5.74, 6) is 1.26. The highest BCUT2D eigenvalue weighted by Gasteiger charge is 2.21. The van der Waals surface area contributed by atoms with E-state index in [0.717, 1.165) is 11.1 Å². The van der Waals surface area contributed by atoms with E-state index in [-0.39, 0.29) is 17.2 Å². The van der Waals surface area contributed by atoms with Gasteiger partial charge in [-0.25, -0.2) is 0 Å². The molecule has 0 aliphatic carbocycles. The van der Waals surface area contributed by atoms with Crippen LogP contribution in [0.4, 0.5) is 11.4 Å². The summed E-state index contributed by atoms with van der Waals surface area (Å²) in [5, 5.41) is 15.5. The molecule has 1 heterocycles. The van der Waals surface area contributed by atoms with Crippen LogP contribution in [0.3, 0.4) is 0 Å². The largest absolute Gasteiger partial charge is 0.493 e. The molecule has 2 aromatic rings. The van der Waals surface area contributed by atoms with E-state index >= 15 is 0 Å². The van der Waals surface area contributed by atoms with Gasteiger partial charge in [-0.15, -0.1) is 0 Å². The Morgan fingerprint density at radius 3 is 2.53 bits per heavy atom. The molecule has 0 radical (unpaired) electrons. The van der Waals surface area contributed by atoms with Gasteiger partial charge in [0.1, 0.15) is 12.3 Å². The lowest BCUT2D eigenvalue weighted by atomic mass is 10.1. The van der Waals surface area contributed by atoms with Crippen LogP contribution in [0.2, 0.25) is 0 Å². The van der Waals surface area contributed by atoms with Crippen molar-refractivity contribution in [1.82, 2.24) is 0 Å². The maximum Gasteiger partial charge on any atom is 0.293 e. The van der Waals surface area contributed by atoms with E-state index in [1.807, 2.05) is 24.0 Å². The predicted octanol–water partition coefficient (Wildman–Crippen LogP) is 3.31. The van der Waals surface area contributed by atoms with Crippen molar-refractivity contribution in [2.24, 2.45) is 5.16 Å². The Hall–Kier alpha value is -3.33. The molecule has 0 bridgehead atoms. The van der Waals surface area contributed by atoms with E-state index in [9.17, 15) is 10.1 Å². The maximum absolute atomic E-state index is 11.5. The van der Waals surface area contributed by atoms with E-state index in [4.69, 9.17) is 19.0 Å². The van der Waals surface area contributed by atoms with Crippen molar-refractivity contribution in [3.05, 3.63) is 57.1 Å². The highest BCUT2D eigenvalue weighted by Crippen LogP contribution is 2.31. The van der Waals surface area contributed by atoms with Gasteiger partial charge >= 0.3 is 0 Å². The van der Waals surface area contributed by atoms with Crippen LogP contribution >= 0.6 is 0 Å². The van der Waals surface area contributed by atoms with Crippen LogP contribution in [0.15, 0.2) is 35.5 Å². The zero-order chi connectivity index (χ0) is 21.5. The Balaban J connectivity index is 1.69. The highest BCUT2D eigenvalue weighted by molar-refractivity contribution is 5.83. The number of anilines is 1. The topological polar surface area (TPSA) is 95.7 Å². The summed E-state index contributed by atoms with van der Waals surface area (Å²) in [6, 6.07) is 8.73. The van der Waals surface area contributed by atoms with Crippen LogP contribution in [-0.4, -0.2) is 51.7 Å². The van der Waals surface area contributed by atoms with Gasteiger partial charge in [0.2, 0.25) is 0 Å². The molecule has 0 N–H and O–H groups in total. The fourth-order valence-electron chi connectivity index (χ4n) is 3.22. The minimum Gasteiger partial charge on any atom is -0.493 e. The summed E-state index contributed by atoms with van der Waals surface area (Å²) in [6.07, 6.45) is 1.46. The van der Waals surface area contributed by atoms with Crippen molar-refractivity contribution in [3.8, 4) is 11.5 Å². The molecular formula is C21H25N3O6. The molecule has 0 atom stereocenters. The minimum absolute atomic E-state index is 0.0385. The second-order valence-electron chi connectivity index (χ2n) is 6.75. The van der Waals surface area contributed by atoms with Crippen LogP contribution in [0.25, 0.3) is 0 Å². The van der Waals surface area contributed by atoms with Crippen molar-refractivity contribution >= 4 is 17.6 Å². The number of hydrogen-bond acceptors (Lipinski definition) is 8. The first kappa shape index (κ1) is 21.4. The Morgan fingerprint density at radius 2 is 1.87 bits per heavy atom. The smallest absolute Gasteiger partial charge is 0.293 e. The number of methoxy groups -OCH3 is 2. The third kappa shape index (κ3) is 4.98. The number of ether oxygens (including phenoxy) is 3. The van der Waals surface area contributed by atoms with E-state index < -0.39 is 0 Å². The van der Waals surface area contributed by atoms with Gasteiger partial charge in [-0.2, -0.15) is 0 Å². The lowest BCUT2D eigenvalue weighted by molar-refractivity contribution is -0.384. The van der Waals surface area contributed by atoms with Gasteiger partial charge in [-0.05, 0) is 36.2 Å². The number of aryl methyl sites for hydroxylation is 1. The van der Waals surface area contributed by atoms with Gasteiger partial charge in [0.25, 0.3) is 5.69 Å². The first-order chi connectivity index (χ1) is 14.5. The quantitative estimate of drug-likeness (QED) is 0.371. The van der Waals surface area contributed by atoms with Gasteiger partial charge in [0.15, 0.2) is 11.5 Å². The van der Waals surface area contributed by atoms with Crippen molar-refractivity contribution in [1.29, 1.82) is 0 Å². The molecular weight excluding hydrogens is 390 g/mol. The number of nitrogens with zero attached hydrogens (tertiary/aromatic N) is 3. The number of hydrogen-bond donors (Lipinski definition) is 0. The van der Waals surface area contributed by atoms with Crippen molar-refractivity contribution < 1.29 is 24.0 Å². The van der Waals surface area contributed by atoms with Gasteiger partial charge < -0.3 is 23.9 Å². The minimum atomic E-state index is -0.379. The first-order valence-corrected chi connectivity index (χ1v) is 9.51. The predicted molar refractivity (Wildman–Crippen MR) is 113 cm³/mol. The van der Waals surface area contributed by atoms with E-state index in [1.54, 1.807) is 26.4 Å². The molecule has 1 fully saturated rings. The Labute approximate surface area is 174 Å². The Kier molecular flexibility index (Phi) is 7.08. The zero-order valence-electron chi connectivity index (χ0n) is 17.3. The summed E-state index contributed by atoms with van der Waals surface area (Å²) >= 11 is 0. The molecule has 30 heavy (non-hydrogen) atoms. The molecule has 0 unspecified atom stereocenters. The SMILES string of the molecule is COc1cc(C)c(CO/N=C\c2ccc(N3CCOCC3)c([N+](=O)[O-])c2)cc1OC. The lowest BCUT2D eigenvalue weighted by Crippen LogP contribution is -2.36. The Morgan fingerprint density at radius 1 is 1.17 bits per heavy atom. The number of oxime groups is 1. The molecule has 9 nitrogen and oxygen atoms in total. The normalized spacial score (nSPS) is 14.0. The van der Waals surface area contributed by atoms with Crippen molar-refractivity contribution in [2.75, 3.05) is 45.4 Å². The monoisotopic (exact) mass is 415 g/mol. The summed E-state index contributed by atoms with van der Waals surface area (Å²) < 4.78 is 15.9. The molecule has 1 aliphatic rings. The van der Waals surface area contributed by atoms with Gasteiger partial charge in [-0.1, -0.05) is 11.2 Å². The summed E-state index contributed by atoms with van der Waals surface area (Å²) in [7, 11) is 3.16. The molecule has 3 rings (SSSR count). The summed E-state index contributed by atoms with van der Waals surface area (Å²) in [4.78, 5) is 18.5. The van der Waals surface area contributed by atoms with Crippen molar-refractivity contribution in [3.63, 3.8) is 0 Å². The fraction of sp³-hybridized carbons (Fsp3) is 0.381. The third-order valence-electron chi connectivity index (χ3n) is 4.89. The highest BCUT2D eigenvalue weighted by atomic mass is 16.6. The molecule has 1 saturated heterocycles. The van der Waals surface area contributed by atoms with E-state index in [2.05, 4.69) is 5.16 Å². The maximum atomic E-state index is 11.5. The average Bonchev–Trinajstić information content (AvgIpc) is 2.77. The molecule has 0 amide bonds. The molecule has 0 aromatic heterocycles. The molecule has 9 heteroatoms. The summed E-state index contributed by atoms with van der Waals surface area (Å²) in [6.45, 7) is 4.55. The molecule has 160 valence electrons. The fourth-order valence-corrected chi connectivity index (χ4v) is 3.22. The number of benzene rings is 2. The number of rotatable bonds is 8. The van der Waals surface area contributed by atoms with Crippen LogP contribution in [0.5, 0.6) is 11.5 Å². The lowest BCUT2D eigenvalue weighted by Gasteiger charge is -2.28. The number of nitro benzene ring substituents is 1. The van der Waals surface area contributed by atoms with Crippen LogP contribution in [0, 0.1) is 17.0 Å². The molecule has 2 aromatic carbocycles. The third-order valence-corrected chi connectivity index (χ3v) is 4.89. The van der Waals surface area contributed by atoms with Crippen LogP contribution < -0.4 is 14.4 Å². The van der Waals surface area contributed by atoms with Gasteiger partial charge in [0.05, 0.1) is 38.6 Å². The molecule has 1 aliphatic heterocycles. The molecule has 0 spiro atoms. The van der Waals surface area contributed by atoms with Crippen LogP contribution in [0.1, 0.15) is 16.7 Å². The van der Waals surface area contributed by atoms with E-state index in [1.165, 1.54) is 12.3 Å². The van der Waals surface area contributed by atoms with Crippen LogP contribution in [-0.2, 0) is 16.2 Å². The van der Waals surface area contributed by atoms with Gasteiger partial charge in [0, 0.05) is 24.7 Å². The standard InChI is InChI=1S/C21H25N3O6/c1-15-10-20(27-2)21(28-3)12-17(15)14-30-22-13-16-4-5-18(19(11-16)24(25)26)23-6-8-29-9-7-23/h4-5,10-13H,6-9,14H2,1-3H3/b22-13-. The van der Waals surface area contributed by atoms with Crippen molar-refractivity contribution in [2.45, 2.75) is 13.5 Å². The van der Waals surface area contributed by atoms with E-state index in [0.29, 0.717) is 49.1 Å². The Bertz CT molecular complexity index is 925. The molecule has 0 saturated carbocycles. The second-order valence-corrected chi connectivity index (χ2v) is 6.75. The number of nitro groups is 1. The summed E-state index contributed by atoms with van der Waals surface area (Å²) in [5.41, 5.74) is 3.09.